The second-order valence-corrected chi connectivity index (χ2v) is 23.3. The molecule has 548 valence electrons. The predicted molar refractivity (Wildman–Crippen MR) is 342 cm³/mol. The Bertz CT molecular complexity index is 4170. The van der Waals surface area contributed by atoms with E-state index in [2.05, 4.69) is 71.3 Å². The molecule has 103 heavy (non-hydrogen) atoms. The summed E-state index contributed by atoms with van der Waals surface area (Å²) >= 11 is 19.5. The zero-order valence-corrected chi connectivity index (χ0v) is 60.4. The van der Waals surface area contributed by atoms with Crippen molar-refractivity contribution in [2.24, 2.45) is 0 Å². The minimum atomic E-state index is -5.20. The van der Waals surface area contributed by atoms with Crippen LogP contribution in [-0.4, -0.2) is 70.5 Å². The van der Waals surface area contributed by atoms with Crippen molar-refractivity contribution in [1.29, 1.82) is 0 Å². The summed E-state index contributed by atoms with van der Waals surface area (Å²) in [5.41, 5.74) is -8.78. The van der Waals surface area contributed by atoms with Crippen molar-refractivity contribution in [2.45, 2.75) is 100 Å². The number of carbonyl (C=O) groups is 4. The van der Waals surface area contributed by atoms with Gasteiger partial charge in [0.15, 0.2) is 0 Å². The average Bonchev–Trinajstić information content (AvgIpc) is 0.761. The fraction of sp³-hybridized carbons (Fsp3) is 0.250. The Kier molecular flexibility index (Phi) is 31.3. The molecule has 2 aromatic heterocycles. The van der Waals surface area contributed by atoms with Gasteiger partial charge in [0, 0.05) is 65.8 Å². The van der Waals surface area contributed by atoms with Crippen molar-refractivity contribution in [2.75, 3.05) is 6.61 Å². The summed E-state index contributed by atoms with van der Waals surface area (Å²) in [6, 6.07) is 24.3. The second-order valence-electron chi connectivity index (χ2n) is 21.6. The number of esters is 1. The SMILES string of the molecule is O=C(N[C@@](Cc1ccc(Br)cc1)(c1cc(F)cc(OC(F)(F)C(F)F)c1)c1ccc(Cl)cn1)c1ccc(F)c(C(F)(F)F)c1.O=C(O)CCCc1ccc(C[C@](NC(=O)c2ccc(F)c(C(F)(F)F)c2)(c2cc(F)cc(OC(F)(F)C(F)F)c2)c2ccc(Cl)cn2)cc1.[CH2-]CCC(=O)OCC.[Zn+][Br]. The molecule has 0 saturated carbocycles. The van der Waals surface area contributed by atoms with Gasteiger partial charge in [-0.3, -0.25) is 29.1 Å². The van der Waals surface area contributed by atoms with E-state index >= 15 is 4.39 Å². The van der Waals surface area contributed by atoms with E-state index in [4.69, 9.17) is 28.3 Å². The molecular weight excluding hydrogens is 1640 g/mol. The van der Waals surface area contributed by atoms with Gasteiger partial charge in [-0.25, -0.2) is 17.6 Å². The van der Waals surface area contributed by atoms with E-state index in [0.29, 0.717) is 77.7 Å². The molecule has 35 heteroatoms. The first-order chi connectivity index (χ1) is 48.2. The first-order valence-corrected chi connectivity index (χ1v) is 37.9. The topological polar surface area (TPSA) is 166 Å². The van der Waals surface area contributed by atoms with Crippen molar-refractivity contribution < 1.29 is 134 Å². The number of carboxylic acids is 1. The molecule has 0 aliphatic rings. The molecule has 0 unspecified atom stereocenters. The van der Waals surface area contributed by atoms with Crippen molar-refractivity contribution in [3.63, 3.8) is 0 Å². The number of alkyl halides is 14. The summed E-state index contributed by atoms with van der Waals surface area (Å²) in [7, 11) is 0. The van der Waals surface area contributed by atoms with Gasteiger partial charge in [-0.2, -0.15) is 67.9 Å². The standard InChI is InChI=1S/C33H24ClF9N2O4.C29H17BrClF9N2O2.C6H11O2.BrH.Zn/c34-22-9-11-27(44-17-22)31(16-19-6-4-18(5-7-19)2-1-3-28(46)47,21-13-23(35)15-24(14-21)49-33(42,43)30(37)38)45-29(48)20-8-10-26(36)25(12-20)32(39,40)41;30-18-4-1-15(2-5-18)13-27(24-8-6-19(31)14-41-24,17-10-20(32)12-21(11-17)44-29(39,40)26(34)35)42-25(43)16-3-7-23(33)22(9-16)28(36,37)38;1-3-5-6(7)8-4-2;;/h4-15,17,30H,1-3,16H2,(H,45,48)(H,46,47);1-12,14,26H,13H2,(H,42,43);1,3-5H2,2H3;1H;/q;;-1;;+2/p-1/t31-;27-;;;/m00.../s1. The predicted octanol–water partition coefficient (Wildman–Crippen LogP) is 19.5. The Hall–Kier alpha value is -8.00. The number of aromatic nitrogens is 2. The van der Waals surface area contributed by atoms with Gasteiger partial charge in [0.1, 0.15) is 45.8 Å². The van der Waals surface area contributed by atoms with Crippen molar-refractivity contribution in [1.82, 2.24) is 20.6 Å². The van der Waals surface area contributed by atoms with Crippen LogP contribution in [0.1, 0.15) is 104 Å². The maximum atomic E-state index is 15.1. The van der Waals surface area contributed by atoms with E-state index in [9.17, 15) is 93.8 Å². The van der Waals surface area contributed by atoms with Gasteiger partial charge in [-0.05, 0) is 145 Å². The Morgan fingerprint density at radius 1 is 0.553 bits per heavy atom. The van der Waals surface area contributed by atoms with Gasteiger partial charge >= 0.3 is 79.3 Å². The van der Waals surface area contributed by atoms with Gasteiger partial charge in [0.2, 0.25) is 0 Å². The van der Waals surface area contributed by atoms with Crippen molar-refractivity contribution in [3.05, 3.63) is 264 Å². The number of carboxylic acid groups (broad SMARTS) is 1. The molecule has 0 aliphatic heterocycles. The number of halogens is 22. The molecule has 0 bridgehead atoms. The molecular formula is C68H52Br2Cl2F18N4O8Zn. The Balaban J connectivity index is 0.000000329. The van der Waals surface area contributed by atoms with Crippen molar-refractivity contribution >= 4 is 76.5 Å². The zero-order chi connectivity index (χ0) is 77.0. The molecule has 2 atom stereocenters. The van der Waals surface area contributed by atoms with Crippen LogP contribution in [0.4, 0.5) is 79.0 Å². The van der Waals surface area contributed by atoms with Crippen LogP contribution in [-0.2, 0) is 73.4 Å². The van der Waals surface area contributed by atoms with Crippen LogP contribution < -0.4 is 20.1 Å². The summed E-state index contributed by atoms with van der Waals surface area (Å²) in [4.78, 5) is 57.0. The average molecular weight is 1690 g/mol. The molecule has 2 heterocycles. The Labute approximate surface area is 610 Å². The number of nitrogens with zero attached hydrogens (tertiary/aromatic N) is 2. The monoisotopic (exact) mass is 1690 g/mol. The van der Waals surface area contributed by atoms with Crippen LogP contribution in [0.2, 0.25) is 10.0 Å². The fourth-order valence-corrected chi connectivity index (χ4v) is 10.1. The first kappa shape index (κ1) is 85.6. The van der Waals surface area contributed by atoms with Crippen LogP contribution in [0.15, 0.2) is 162 Å². The molecule has 8 rings (SSSR count). The number of amides is 2. The van der Waals surface area contributed by atoms with Crippen molar-refractivity contribution in [3.8, 4) is 11.5 Å². The van der Waals surface area contributed by atoms with E-state index in [0.717, 1.165) is 48.8 Å². The number of rotatable bonds is 25. The number of hydrogen-bond donors (Lipinski definition) is 3. The number of pyridine rings is 2. The minimum absolute atomic E-state index is 0.0721. The van der Waals surface area contributed by atoms with Crippen LogP contribution in [0.5, 0.6) is 11.5 Å². The van der Waals surface area contributed by atoms with E-state index in [-0.39, 0.29) is 57.9 Å². The van der Waals surface area contributed by atoms with Gasteiger partial charge in [0.05, 0.1) is 39.2 Å². The third kappa shape index (κ3) is 24.6. The fourth-order valence-electron chi connectivity index (χ4n) is 9.60. The van der Waals surface area contributed by atoms with E-state index in [1.54, 1.807) is 43.3 Å². The number of carbonyl (C=O) groups excluding carboxylic acids is 3. The molecule has 3 N–H and O–H groups in total. The third-order valence-electron chi connectivity index (χ3n) is 14.2. The number of ether oxygens (including phenoxy) is 3. The summed E-state index contributed by atoms with van der Waals surface area (Å²) in [6.07, 6.45) is -26.0. The molecule has 8 aromatic rings. The molecule has 0 saturated heterocycles. The Morgan fingerprint density at radius 2 is 0.942 bits per heavy atom. The molecule has 6 aromatic carbocycles. The number of nitrogens with one attached hydrogen (secondary N) is 2. The van der Waals surface area contributed by atoms with E-state index < -0.39 is 135 Å². The molecule has 0 fully saturated rings. The number of benzene rings is 6. The van der Waals surface area contributed by atoms with Crippen LogP contribution in [0, 0.1) is 30.2 Å². The third-order valence-corrected chi connectivity index (χ3v) is 15.2. The van der Waals surface area contributed by atoms with Crippen LogP contribution in [0.3, 0.4) is 0 Å². The molecule has 2 amide bonds. The first-order valence-electron chi connectivity index (χ1n) is 29.4. The van der Waals surface area contributed by atoms with E-state index in [1.807, 2.05) is 0 Å². The van der Waals surface area contributed by atoms with E-state index in [1.165, 1.54) is 52.7 Å². The summed E-state index contributed by atoms with van der Waals surface area (Å²) < 4.78 is 260. The number of aliphatic carboxylic acids is 1. The molecule has 0 spiro atoms. The zero-order valence-electron chi connectivity index (χ0n) is 52.8. The van der Waals surface area contributed by atoms with Crippen LogP contribution in [0.25, 0.3) is 0 Å². The quantitative estimate of drug-likeness (QED) is 0.0217. The molecule has 0 radical (unpaired) electrons. The van der Waals surface area contributed by atoms with Gasteiger partial charge in [0.25, 0.3) is 11.8 Å². The molecule has 12 nitrogen and oxygen atoms in total. The number of hydrogen-bond acceptors (Lipinski definition) is 9. The Morgan fingerprint density at radius 3 is 1.28 bits per heavy atom. The maximum absolute atomic E-state index is 15.1. The summed E-state index contributed by atoms with van der Waals surface area (Å²) in [5.74, 6) is -11.7. The van der Waals surface area contributed by atoms with Crippen LogP contribution >= 0.6 is 52.8 Å². The van der Waals surface area contributed by atoms with Gasteiger partial charge in [-0.15, -0.1) is 0 Å². The second kappa shape index (κ2) is 37.6. The van der Waals surface area contributed by atoms with Gasteiger partial charge in [-0.1, -0.05) is 75.5 Å². The summed E-state index contributed by atoms with van der Waals surface area (Å²) in [5, 5.41) is 14.1. The molecule has 0 aliphatic carbocycles. The summed E-state index contributed by atoms with van der Waals surface area (Å²) in [6.45, 7) is 5.77. The normalized spacial score (nSPS) is 12.8. The van der Waals surface area contributed by atoms with Gasteiger partial charge < -0.3 is 36.9 Å². The number of aryl methyl sites for hydroxylation is 1.